The number of methoxy groups -OCH3 is 1. The zero-order chi connectivity index (χ0) is 22.1. The van der Waals surface area contributed by atoms with Crippen molar-refractivity contribution in [1.29, 1.82) is 0 Å². The van der Waals surface area contributed by atoms with Crippen molar-refractivity contribution < 1.29 is 14.3 Å². The Labute approximate surface area is 189 Å². The molecule has 0 aliphatic carbocycles. The van der Waals surface area contributed by atoms with Crippen LogP contribution in [0.5, 0.6) is 5.75 Å². The van der Waals surface area contributed by atoms with Gasteiger partial charge in [0, 0.05) is 24.4 Å². The monoisotopic (exact) mass is 456 g/mol. The third kappa shape index (κ3) is 6.97. The zero-order valence-electron chi connectivity index (χ0n) is 16.8. The van der Waals surface area contributed by atoms with Gasteiger partial charge in [-0.2, -0.15) is 0 Å². The average Bonchev–Trinajstić information content (AvgIpc) is 2.79. The molecule has 2 amide bonds. The molecule has 9 heteroatoms. The van der Waals surface area contributed by atoms with Crippen LogP contribution in [-0.2, 0) is 10.5 Å². The number of anilines is 1. The highest BCUT2D eigenvalue weighted by Gasteiger charge is 2.15. The molecule has 3 rings (SSSR count). The second-order valence-electron chi connectivity index (χ2n) is 6.41. The van der Waals surface area contributed by atoms with Crippen LogP contribution in [0.2, 0.25) is 5.02 Å². The summed E-state index contributed by atoms with van der Waals surface area (Å²) in [5.41, 5.74) is 1.86. The minimum absolute atomic E-state index is 0.0859. The number of amides is 2. The quantitative estimate of drug-likeness (QED) is 0.370. The second kappa shape index (κ2) is 11.3. The number of aromatic nitrogens is 2. The Morgan fingerprint density at radius 1 is 1.10 bits per heavy atom. The molecule has 0 aliphatic heterocycles. The van der Waals surface area contributed by atoms with Crippen molar-refractivity contribution in [1.82, 2.24) is 15.3 Å². The first-order valence-electron chi connectivity index (χ1n) is 9.46. The molecule has 1 heterocycles. The molecule has 2 aromatic carbocycles. The number of carbonyl (C=O) groups excluding carboxylic acids is 2. The van der Waals surface area contributed by atoms with E-state index in [9.17, 15) is 9.59 Å². The number of benzene rings is 2. The summed E-state index contributed by atoms with van der Waals surface area (Å²) in [6.07, 6.45) is 1.52. The summed E-state index contributed by atoms with van der Waals surface area (Å²) < 4.78 is 5.08. The van der Waals surface area contributed by atoms with Gasteiger partial charge in [-0.05, 0) is 29.8 Å². The van der Waals surface area contributed by atoms with Gasteiger partial charge in [-0.1, -0.05) is 53.7 Å². The molecule has 3 aromatic rings. The summed E-state index contributed by atoms with van der Waals surface area (Å²) in [6, 6.07) is 16.9. The molecule has 0 saturated carbocycles. The number of hydrogen-bond donors (Lipinski definition) is 2. The van der Waals surface area contributed by atoms with E-state index in [0.29, 0.717) is 22.3 Å². The SMILES string of the molecule is COc1ccc(NC(=O)CCNC(=O)c2nc(SCc3ccccc3)ncc2Cl)cc1. The first-order valence-corrected chi connectivity index (χ1v) is 10.8. The number of carbonyl (C=O) groups is 2. The van der Waals surface area contributed by atoms with Gasteiger partial charge in [-0.3, -0.25) is 9.59 Å². The van der Waals surface area contributed by atoms with Gasteiger partial charge in [0.2, 0.25) is 5.91 Å². The molecule has 0 fully saturated rings. The van der Waals surface area contributed by atoms with E-state index in [-0.39, 0.29) is 29.6 Å². The molecule has 0 spiro atoms. The third-order valence-corrected chi connectivity index (χ3v) is 5.37. The van der Waals surface area contributed by atoms with E-state index in [2.05, 4.69) is 20.6 Å². The van der Waals surface area contributed by atoms with E-state index in [1.165, 1.54) is 18.0 Å². The maximum Gasteiger partial charge on any atom is 0.271 e. The summed E-state index contributed by atoms with van der Waals surface area (Å²) in [5.74, 6) is 0.701. The standard InChI is InChI=1S/C22H21ClN4O3S/c1-30-17-9-7-16(8-10-17)26-19(28)11-12-24-21(29)20-18(23)13-25-22(27-20)31-14-15-5-3-2-4-6-15/h2-10,13H,11-12,14H2,1H3,(H,24,29)(H,26,28). The lowest BCUT2D eigenvalue weighted by Crippen LogP contribution is -2.28. The van der Waals surface area contributed by atoms with Gasteiger partial charge in [0.25, 0.3) is 5.91 Å². The van der Waals surface area contributed by atoms with Crippen LogP contribution in [0.25, 0.3) is 0 Å². The number of nitrogens with one attached hydrogen (secondary N) is 2. The first-order chi connectivity index (χ1) is 15.0. The van der Waals surface area contributed by atoms with Gasteiger partial charge < -0.3 is 15.4 Å². The zero-order valence-corrected chi connectivity index (χ0v) is 18.4. The summed E-state index contributed by atoms with van der Waals surface area (Å²) in [7, 11) is 1.57. The molecule has 160 valence electrons. The van der Waals surface area contributed by atoms with Crippen molar-refractivity contribution in [2.45, 2.75) is 17.3 Å². The van der Waals surface area contributed by atoms with Crippen LogP contribution in [0.15, 0.2) is 66.0 Å². The minimum atomic E-state index is -0.453. The molecule has 2 N–H and O–H groups in total. The number of nitrogens with zero attached hydrogens (tertiary/aromatic N) is 2. The second-order valence-corrected chi connectivity index (χ2v) is 7.76. The number of rotatable bonds is 9. The topological polar surface area (TPSA) is 93.2 Å². The van der Waals surface area contributed by atoms with Crippen LogP contribution in [0.1, 0.15) is 22.5 Å². The largest absolute Gasteiger partial charge is 0.497 e. The first kappa shape index (κ1) is 22.6. The van der Waals surface area contributed by atoms with Crippen molar-refractivity contribution in [3.8, 4) is 5.75 Å². The van der Waals surface area contributed by atoms with Crippen molar-refractivity contribution in [3.63, 3.8) is 0 Å². The van der Waals surface area contributed by atoms with Crippen molar-refractivity contribution in [2.24, 2.45) is 0 Å². The fourth-order valence-corrected chi connectivity index (χ4v) is 3.52. The number of thioether (sulfide) groups is 1. The molecule has 0 aliphatic rings. The molecule has 31 heavy (non-hydrogen) atoms. The number of ether oxygens (including phenoxy) is 1. The molecule has 7 nitrogen and oxygen atoms in total. The minimum Gasteiger partial charge on any atom is -0.497 e. The van der Waals surface area contributed by atoms with Gasteiger partial charge >= 0.3 is 0 Å². The Hall–Kier alpha value is -3.10. The van der Waals surface area contributed by atoms with Gasteiger partial charge in [-0.25, -0.2) is 9.97 Å². The molecular weight excluding hydrogens is 436 g/mol. The van der Waals surface area contributed by atoms with Crippen molar-refractivity contribution in [2.75, 3.05) is 19.0 Å². The predicted octanol–water partition coefficient (Wildman–Crippen LogP) is 4.19. The fraction of sp³-hybridized carbons (Fsp3) is 0.182. The van der Waals surface area contributed by atoms with E-state index in [0.717, 1.165) is 5.56 Å². The van der Waals surface area contributed by atoms with Gasteiger partial charge in [0.1, 0.15) is 5.75 Å². The fourth-order valence-electron chi connectivity index (χ4n) is 2.57. The molecular formula is C22H21ClN4O3S. The van der Waals surface area contributed by atoms with Gasteiger partial charge in [0.05, 0.1) is 18.3 Å². The van der Waals surface area contributed by atoms with Gasteiger partial charge in [-0.15, -0.1) is 0 Å². The van der Waals surface area contributed by atoms with Crippen molar-refractivity contribution in [3.05, 3.63) is 77.1 Å². The molecule has 0 atom stereocenters. The van der Waals surface area contributed by atoms with Crippen LogP contribution in [0, 0.1) is 0 Å². The average molecular weight is 457 g/mol. The van der Waals surface area contributed by atoms with E-state index >= 15 is 0 Å². The Kier molecular flexibility index (Phi) is 8.26. The maximum absolute atomic E-state index is 12.5. The maximum atomic E-state index is 12.5. The molecule has 0 radical (unpaired) electrons. The Morgan fingerprint density at radius 3 is 2.55 bits per heavy atom. The Balaban J connectivity index is 1.49. The van der Waals surface area contributed by atoms with E-state index in [4.69, 9.17) is 16.3 Å². The summed E-state index contributed by atoms with van der Waals surface area (Å²) in [6.45, 7) is 0.146. The Bertz CT molecular complexity index is 1030. The van der Waals surface area contributed by atoms with E-state index in [1.807, 2.05) is 30.3 Å². The smallest absolute Gasteiger partial charge is 0.271 e. The lowest BCUT2D eigenvalue weighted by atomic mass is 10.2. The normalized spacial score (nSPS) is 10.4. The van der Waals surface area contributed by atoms with E-state index in [1.54, 1.807) is 31.4 Å². The Morgan fingerprint density at radius 2 is 1.84 bits per heavy atom. The third-order valence-electron chi connectivity index (χ3n) is 4.16. The molecule has 0 saturated heterocycles. The van der Waals surface area contributed by atoms with Crippen LogP contribution in [-0.4, -0.2) is 35.4 Å². The van der Waals surface area contributed by atoms with Crippen molar-refractivity contribution >= 4 is 40.9 Å². The molecule has 0 bridgehead atoms. The molecule has 0 unspecified atom stereocenters. The van der Waals surface area contributed by atoms with Crippen LogP contribution >= 0.6 is 23.4 Å². The van der Waals surface area contributed by atoms with Gasteiger partial charge in [0.15, 0.2) is 10.9 Å². The predicted molar refractivity (Wildman–Crippen MR) is 122 cm³/mol. The van der Waals surface area contributed by atoms with Crippen LogP contribution in [0.4, 0.5) is 5.69 Å². The summed E-state index contributed by atoms with van der Waals surface area (Å²) in [4.78, 5) is 33.0. The molecule has 1 aromatic heterocycles. The highest BCUT2D eigenvalue weighted by atomic mass is 35.5. The lowest BCUT2D eigenvalue weighted by Gasteiger charge is -2.09. The highest BCUT2D eigenvalue weighted by molar-refractivity contribution is 7.98. The number of hydrogen-bond acceptors (Lipinski definition) is 6. The number of halogens is 1. The van der Waals surface area contributed by atoms with Crippen LogP contribution in [0.3, 0.4) is 0 Å². The highest BCUT2D eigenvalue weighted by Crippen LogP contribution is 2.22. The van der Waals surface area contributed by atoms with E-state index < -0.39 is 5.91 Å². The summed E-state index contributed by atoms with van der Waals surface area (Å²) in [5, 5.41) is 6.04. The lowest BCUT2D eigenvalue weighted by molar-refractivity contribution is -0.116. The summed E-state index contributed by atoms with van der Waals surface area (Å²) >= 11 is 7.51. The van der Waals surface area contributed by atoms with Crippen LogP contribution < -0.4 is 15.4 Å².